The van der Waals surface area contributed by atoms with Gasteiger partial charge in [0.25, 0.3) is 0 Å². The van der Waals surface area contributed by atoms with E-state index < -0.39 is 0 Å². The number of rotatable bonds is 7. The Hall–Kier alpha value is -0.830. The SMILES string of the molecule is CCCCCCC(C(=O)OCC)=C(C)C.N. The highest BCUT2D eigenvalue weighted by Gasteiger charge is 2.11. The Kier molecular flexibility index (Phi) is 11.7. The topological polar surface area (TPSA) is 61.3 Å². The van der Waals surface area contributed by atoms with Crippen LogP contribution >= 0.6 is 0 Å². The van der Waals surface area contributed by atoms with Crippen molar-refractivity contribution in [3.63, 3.8) is 0 Å². The van der Waals surface area contributed by atoms with E-state index in [0.29, 0.717) is 6.61 Å². The zero-order valence-electron chi connectivity index (χ0n) is 11.3. The van der Waals surface area contributed by atoms with Crippen molar-refractivity contribution in [3.8, 4) is 0 Å². The van der Waals surface area contributed by atoms with Gasteiger partial charge in [-0.2, -0.15) is 0 Å². The van der Waals surface area contributed by atoms with Gasteiger partial charge in [-0.15, -0.1) is 0 Å². The molecule has 3 heteroatoms. The molecule has 96 valence electrons. The van der Waals surface area contributed by atoms with E-state index in [9.17, 15) is 4.79 Å². The maximum absolute atomic E-state index is 11.6. The number of carbonyl (C=O) groups is 1. The first kappa shape index (κ1) is 17.6. The third-order valence-electron chi connectivity index (χ3n) is 2.41. The summed E-state index contributed by atoms with van der Waals surface area (Å²) >= 11 is 0. The molecule has 0 heterocycles. The Labute approximate surface area is 99.8 Å². The first-order valence-electron chi connectivity index (χ1n) is 5.96. The molecule has 16 heavy (non-hydrogen) atoms. The van der Waals surface area contributed by atoms with E-state index in [4.69, 9.17) is 4.74 Å². The molecule has 3 nitrogen and oxygen atoms in total. The molecule has 0 spiro atoms. The molecular weight excluding hydrogens is 202 g/mol. The van der Waals surface area contributed by atoms with Gasteiger partial charge in [-0.05, 0) is 33.6 Å². The molecule has 3 N–H and O–H groups in total. The van der Waals surface area contributed by atoms with Crippen molar-refractivity contribution in [1.82, 2.24) is 6.15 Å². The summed E-state index contributed by atoms with van der Waals surface area (Å²) in [7, 11) is 0. The molecule has 0 unspecified atom stereocenters. The average Bonchev–Trinajstić information content (AvgIpc) is 2.17. The summed E-state index contributed by atoms with van der Waals surface area (Å²) in [5.41, 5.74) is 1.96. The molecule has 0 aliphatic rings. The van der Waals surface area contributed by atoms with Crippen LogP contribution < -0.4 is 6.15 Å². The van der Waals surface area contributed by atoms with Crippen LogP contribution in [0.1, 0.15) is 59.8 Å². The van der Waals surface area contributed by atoms with Crippen molar-refractivity contribution in [2.75, 3.05) is 6.61 Å². The fourth-order valence-corrected chi connectivity index (χ4v) is 1.50. The van der Waals surface area contributed by atoms with Gasteiger partial charge in [-0.3, -0.25) is 0 Å². The molecule has 0 rings (SSSR count). The smallest absolute Gasteiger partial charge is 0.333 e. The number of allylic oxidation sites excluding steroid dienone is 1. The number of ether oxygens (including phenoxy) is 1. The third kappa shape index (κ3) is 7.46. The minimum Gasteiger partial charge on any atom is -0.463 e. The molecule has 0 aromatic heterocycles. The quantitative estimate of drug-likeness (QED) is 0.407. The standard InChI is InChI=1S/C13H24O2.H3N/c1-5-7-8-9-10-12(11(3)4)13(14)15-6-2;/h5-10H2,1-4H3;1H3. The normalized spacial score (nSPS) is 9.25. The lowest BCUT2D eigenvalue weighted by Crippen LogP contribution is -2.09. The van der Waals surface area contributed by atoms with Crippen LogP contribution in [0.5, 0.6) is 0 Å². The van der Waals surface area contributed by atoms with E-state index in [-0.39, 0.29) is 12.1 Å². The van der Waals surface area contributed by atoms with Crippen LogP contribution in [0.4, 0.5) is 0 Å². The number of hydrogen-bond acceptors (Lipinski definition) is 3. The Morgan fingerprint density at radius 3 is 2.12 bits per heavy atom. The zero-order chi connectivity index (χ0) is 11.7. The number of unbranched alkanes of at least 4 members (excludes halogenated alkanes) is 3. The fraction of sp³-hybridized carbons (Fsp3) is 0.769. The molecule has 0 bridgehead atoms. The summed E-state index contributed by atoms with van der Waals surface area (Å²) in [4.78, 5) is 11.6. The van der Waals surface area contributed by atoms with Crippen molar-refractivity contribution < 1.29 is 9.53 Å². The summed E-state index contributed by atoms with van der Waals surface area (Å²) < 4.78 is 5.03. The Morgan fingerprint density at radius 2 is 1.69 bits per heavy atom. The summed E-state index contributed by atoms with van der Waals surface area (Å²) in [6, 6.07) is 0. The van der Waals surface area contributed by atoms with Gasteiger partial charge in [0.15, 0.2) is 0 Å². The number of hydrogen-bond donors (Lipinski definition) is 1. The minimum atomic E-state index is -0.131. The predicted octanol–water partition coefficient (Wildman–Crippen LogP) is 4.02. The highest BCUT2D eigenvalue weighted by molar-refractivity contribution is 5.89. The van der Waals surface area contributed by atoms with Crippen LogP contribution in [-0.2, 0) is 9.53 Å². The summed E-state index contributed by atoms with van der Waals surface area (Å²) in [5.74, 6) is -0.131. The third-order valence-corrected chi connectivity index (χ3v) is 2.41. The molecule has 0 aromatic rings. The second-order valence-electron chi connectivity index (χ2n) is 4.01. The van der Waals surface area contributed by atoms with Gasteiger partial charge in [-0.25, -0.2) is 4.79 Å². The summed E-state index contributed by atoms with van der Waals surface area (Å²) in [6.45, 7) is 8.45. The Balaban J connectivity index is 0. The number of esters is 1. The molecule has 0 aromatic carbocycles. The van der Waals surface area contributed by atoms with E-state index in [0.717, 1.165) is 24.0 Å². The molecular formula is C13H27NO2. The molecule has 0 saturated carbocycles. The minimum absolute atomic E-state index is 0. The van der Waals surface area contributed by atoms with Crippen LogP contribution in [0.2, 0.25) is 0 Å². The molecule has 0 amide bonds. The van der Waals surface area contributed by atoms with Gasteiger partial charge in [0.1, 0.15) is 0 Å². The van der Waals surface area contributed by atoms with E-state index in [1.54, 1.807) is 0 Å². The summed E-state index contributed by atoms with van der Waals surface area (Å²) in [5, 5.41) is 0. The van der Waals surface area contributed by atoms with Crippen LogP contribution in [0.15, 0.2) is 11.1 Å². The lowest BCUT2D eigenvalue weighted by molar-refractivity contribution is -0.138. The first-order valence-corrected chi connectivity index (χ1v) is 5.96. The van der Waals surface area contributed by atoms with Gasteiger partial charge in [-0.1, -0.05) is 31.8 Å². The highest BCUT2D eigenvalue weighted by atomic mass is 16.5. The fourth-order valence-electron chi connectivity index (χ4n) is 1.50. The average molecular weight is 229 g/mol. The van der Waals surface area contributed by atoms with Crippen LogP contribution in [0.3, 0.4) is 0 Å². The van der Waals surface area contributed by atoms with Crippen molar-refractivity contribution in [2.24, 2.45) is 0 Å². The van der Waals surface area contributed by atoms with Gasteiger partial charge in [0, 0.05) is 5.57 Å². The second kappa shape index (κ2) is 10.7. The van der Waals surface area contributed by atoms with Crippen LogP contribution in [0, 0.1) is 0 Å². The zero-order valence-corrected chi connectivity index (χ0v) is 11.3. The monoisotopic (exact) mass is 229 g/mol. The van der Waals surface area contributed by atoms with Gasteiger partial charge in [0.05, 0.1) is 6.61 Å². The van der Waals surface area contributed by atoms with Crippen molar-refractivity contribution in [3.05, 3.63) is 11.1 Å². The van der Waals surface area contributed by atoms with E-state index in [1.807, 2.05) is 20.8 Å². The molecule has 0 aliphatic heterocycles. The van der Waals surface area contributed by atoms with Gasteiger partial charge >= 0.3 is 5.97 Å². The maximum atomic E-state index is 11.6. The van der Waals surface area contributed by atoms with Crippen LogP contribution in [0.25, 0.3) is 0 Å². The summed E-state index contributed by atoms with van der Waals surface area (Å²) in [6.07, 6.45) is 5.63. The lowest BCUT2D eigenvalue weighted by atomic mass is 10.0. The largest absolute Gasteiger partial charge is 0.463 e. The molecule has 0 atom stereocenters. The lowest BCUT2D eigenvalue weighted by Gasteiger charge is -2.08. The second-order valence-corrected chi connectivity index (χ2v) is 4.01. The van der Waals surface area contributed by atoms with Gasteiger partial charge in [0.2, 0.25) is 0 Å². The van der Waals surface area contributed by atoms with Crippen molar-refractivity contribution in [1.29, 1.82) is 0 Å². The predicted molar refractivity (Wildman–Crippen MR) is 68.8 cm³/mol. The van der Waals surface area contributed by atoms with Crippen molar-refractivity contribution >= 4 is 5.97 Å². The van der Waals surface area contributed by atoms with E-state index in [1.165, 1.54) is 19.3 Å². The van der Waals surface area contributed by atoms with Crippen LogP contribution in [-0.4, -0.2) is 12.6 Å². The van der Waals surface area contributed by atoms with Gasteiger partial charge < -0.3 is 10.9 Å². The molecule has 0 aliphatic carbocycles. The highest BCUT2D eigenvalue weighted by Crippen LogP contribution is 2.15. The number of carbonyl (C=O) groups excluding carboxylic acids is 1. The Bertz CT molecular complexity index is 218. The molecule has 0 saturated heterocycles. The Morgan fingerprint density at radius 1 is 1.06 bits per heavy atom. The first-order chi connectivity index (χ1) is 7.13. The van der Waals surface area contributed by atoms with E-state index >= 15 is 0 Å². The van der Waals surface area contributed by atoms with Crippen molar-refractivity contribution in [2.45, 2.75) is 59.8 Å². The molecule has 0 radical (unpaired) electrons. The maximum Gasteiger partial charge on any atom is 0.333 e. The molecule has 0 fully saturated rings. The van der Waals surface area contributed by atoms with E-state index in [2.05, 4.69) is 6.92 Å².